The Bertz CT molecular complexity index is 643. The zero-order valence-electron chi connectivity index (χ0n) is 10.8. The molecular weight excluding hydrogens is 242 g/mol. The molecule has 2 N–H and O–H groups in total. The van der Waals surface area contributed by atoms with E-state index in [1.165, 1.54) is 0 Å². The van der Waals surface area contributed by atoms with E-state index in [2.05, 4.69) is 10.4 Å². The molecule has 0 bridgehead atoms. The smallest absolute Gasteiger partial charge is 0.226 e. The van der Waals surface area contributed by atoms with E-state index in [4.69, 9.17) is 0 Å². The van der Waals surface area contributed by atoms with Crippen molar-refractivity contribution in [3.05, 3.63) is 41.1 Å². The molecule has 0 fully saturated rings. The lowest BCUT2D eigenvalue weighted by Gasteiger charge is -2.24. The van der Waals surface area contributed by atoms with Crippen LogP contribution in [0.3, 0.4) is 0 Å². The normalized spacial score (nSPS) is 18.0. The van der Waals surface area contributed by atoms with Crippen LogP contribution < -0.4 is 5.32 Å². The number of carbonyl (C=O) groups excluding carboxylic acids is 1. The first-order chi connectivity index (χ1) is 9.06. The minimum atomic E-state index is -0.00595. The van der Waals surface area contributed by atoms with Gasteiger partial charge in [-0.15, -0.1) is 0 Å². The minimum absolute atomic E-state index is 0.00181. The molecule has 1 amide bonds. The SMILES string of the molecule is Cc1nn(C)c2c1[C@@H](c1ccc(O)cc1)CC(=O)N2. The summed E-state index contributed by atoms with van der Waals surface area (Å²) in [6.07, 6.45) is 0.407. The summed E-state index contributed by atoms with van der Waals surface area (Å²) in [5.41, 5.74) is 3.01. The van der Waals surface area contributed by atoms with Crippen molar-refractivity contribution in [2.24, 2.45) is 7.05 Å². The lowest BCUT2D eigenvalue weighted by Crippen LogP contribution is -2.24. The molecule has 3 rings (SSSR count). The van der Waals surface area contributed by atoms with Crippen molar-refractivity contribution in [2.75, 3.05) is 5.32 Å². The second-order valence-corrected chi connectivity index (χ2v) is 4.87. The molecule has 0 aliphatic carbocycles. The molecule has 19 heavy (non-hydrogen) atoms. The van der Waals surface area contributed by atoms with Gasteiger partial charge in [0.05, 0.1) is 5.69 Å². The third-order valence-electron chi connectivity index (χ3n) is 3.56. The van der Waals surface area contributed by atoms with E-state index in [-0.39, 0.29) is 17.6 Å². The van der Waals surface area contributed by atoms with Gasteiger partial charge in [0.1, 0.15) is 11.6 Å². The fourth-order valence-electron chi connectivity index (χ4n) is 2.70. The molecular formula is C14H15N3O2. The van der Waals surface area contributed by atoms with Crippen molar-refractivity contribution in [1.82, 2.24) is 9.78 Å². The summed E-state index contributed by atoms with van der Waals surface area (Å²) in [5.74, 6) is 0.991. The van der Waals surface area contributed by atoms with Crippen LogP contribution in [-0.2, 0) is 11.8 Å². The fraction of sp³-hybridized carbons (Fsp3) is 0.286. The van der Waals surface area contributed by atoms with Crippen molar-refractivity contribution in [1.29, 1.82) is 0 Å². The quantitative estimate of drug-likeness (QED) is 0.820. The summed E-state index contributed by atoms with van der Waals surface area (Å²) in [4.78, 5) is 11.8. The molecule has 0 spiro atoms. The van der Waals surface area contributed by atoms with Gasteiger partial charge < -0.3 is 10.4 Å². The molecule has 2 heterocycles. The van der Waals surface area contributed by atoms with Crippen LogP contribution in [0.15, 0.2) is 24.3 Å². The van der Waals surface area contributed by atoms with Crippen LogP contribution in [-0.4, -0.2) is 20.8 Å². The monoisotopic (exact) mass is 257 g/mol. The van der Waals surface area contributed by atoms with Crippen LogP contribution in [0.2, 0.25) is 0 Å². The first-order valence-electron chi connectivity index (χ1n) is 6.18. The largest absolute Gasteiger partial charge is 0.508 e. The molecule has 0 saturated carbocycles. The van der Waals surface area contributed by atoms with Crippen molar-refractivity contribution < 1.29 is 9.90 Å². The summed E-state index contributed by atoms with van der Waals surface area (Å²) in [5, 5.41) is 16.6. The van der Waals surface area contributed by atoms with Crippen molar-refractivity contribution in [2.45, 2.75) is 19.3 Å². The second-order valence-electron chi connectivity index (χ2n) is 4.87. The molecule has 0 saturated heterocycles. The highest BCUT2D eigenvalue weighted by Gasteiger charge is 2.31. The number of aryl methyl sites for hydroxylation is 2. The molecule has 5 heteroatoms. The number of phenolic OH excluding ortho intramolecular Hbond substituents is 1. The highest BCUT2D eigenvalue weighted by atomic mass is 16.3. The fourth-order valence-corrected chi connectivity index (χ4v) is 2.70. The van der Waals surface area contributed by atoms with E-state index in [9.17, 15) is 9.90 Å². The molecule has 0 unspecified atom stereocenters. The molecule has 1 aliphatic heterocycles. The molecule has 2 aromatic rings. The molecule has 1 aromatic carbocycles. The number of hydrogen-bond donors (Lipinski definition) is 2. The Labute approximate surface area is 110 Å². The van der Waals surface area contributed by atoms with Gasteiger partial charge in [-0.05, 0) is 24.6 Å². The minimum Gasteiger partial charge on any atom is -0.508 e. The molecule has 1 aromatic heterocycles. The number of carbonyl (C=O) groups is 1. The average molecular weight is 257 g/mol. The summed E-state index contributed by atoms with van der Waals surface area (Å²) in [6.45, 7) is 1.95. The van der Waals surface area contributed by atoms with Gasteiger partial charge in [0.25, 0.3) is 0 Å². The molecule has 1 atom stereocenters. The van der Waals surface area contributed by atoms with E-state index >= 15 is 0 Å². The maximum Gasteiger partial charge on any atom is 0.226 e. The number of amides is 1. The number of benzene rings is 1. The maximum absolute atomic E-state index is 11.8. The van der Waals surface area contributed by atoms with Gasteiger partial charge in [-0.2, -0.15) is 5.10 Å². The van der Waals surface area contributed by atoms with E-state index in [0.717, 1.165) is 22.6 Å². The number of hydrogen-bond acceptors (Lipinski definition) is 3. The third-order valence-corrected chi connectivity index (χ3v) is 3.56. The lowest BCUT2D eigenvalue weighted by molar-refractivity contribution is -0.116. The van der Waals surface area contributed by atoms with Crippen LogP contribution in [0.1, 0.15) is 29.2 Å². The topological polar surface area (TPSA) is 67.1 Å². The van der Waals surface area contributed by atoms with Gasteiger partial charge in [0.15, 0.2) is 0 Å². The Morgan fingerprint density at radius 1 is 1.37 bits per heavy atom. The van der Waals surface area contributed by atoms with Crippen molar-refractivity contribution in [3.8, 4) is 5.75 Å². The Kier molecular flexibility index (Phi) is 2.55. The summed E-state index contributed by atoms with van der Waals surface area (Å²) >= 11 is 0. The van der Waals surface area contributed by atoms with Gasteiger partial charge in [0, 0.05) is 24.9 Å². The molecule has 5 nitrogen and oxygen atoms in total. The summed E-state index contributed by atoms with van der Waals surface area (Å²) in [6, 6.07) is 7.00. The van der Waals surface area contributed by atoms with Crippen LogP contribution in [0.5, 0.6) is 5.75 Å². The van der Waals surface area contributed by atoms with Crippen LogP contribution in [0.25, 0.3) is 0 Å². The predicted octanol–water partition coefficient (Wildman–Crippen LogP) is 1.91. The number of aromatic hydroxyl groups is 1. The number of nitrogens with one attached hydrogen (secondary N) is 1. The van der Waals surface area contributed by atoms with E-state index in [1.54, 1.807) is 16.8 Å². The zero-order valence-corrected chi connectivity index (χ0v) is 10.8. The van der Waals surface area contributed by atoms with E-state index in [0.29, 0.717) is 6.42 Å². The highest BCUT2D eigenvalue weighted by Crippen LogP contribution is 2.38. The number of phenols is 1. The zero-order chi connectivity index (χ0) is 13.6. The summed E-state index contributed by atoms with van der Waals surface area (Å²) < 4.78 is 1.70. The molecule has 98 valence electrons. The lowest BCUT2D eigenvalue weighted by atomic mass is 9.86. The van der Waals surface area contributed by atoms with Gasteiger partial charge in [-0.1, -0.05) is 12.1 Å². The van der Waals surface area contributed by atoms with E-state index in [1.807, 2.05) is 26.1 Å². The number of rotatable bonds is 1. The van der Waals surface area contributed by atoms with E-state index < -0.39 is 0 Å². The second kappa shape index (κ2) is 4.12. The van der Waals surface area contributed by atoms with Gasteiger partial charge in [-0.25, -0.2) is 0 Å². The standard InChI is InChI=1S/C14H15N3O2/c1-8-13-11(9-3-5-10(18)6-4-9)7-12(19)15-14(13)17(2)16-8/h3-6,11,18H,7H2,1-2H3,(H,15,19)/t11-/m1/s1. The van der Waals surface area contributed by atoms with Crippen molar-refractivity contribution >= 4 is 11.7 Å². The Balaban J connectivity index is 2.13. The first kappa shape index (κ1) is 11.8. The Hall–Kier alpha value is -2.30. The van der Waals surface area contributed by atoms with Gasteiger partial charge in [-0.3, -0.25) is 9.48 Å². The molecule has 0 radical (unpaired) electrons. The highest BCUT2D eigenvalue weighted by molar-refractivity contribution is 5.94. The number of nitrogens with zero attached hydrogens (tertiary/aromatic N) is 2. The first-order valence-corrected chi connectivity index (χ1v) is 6.18. The Morgan fingerprint density at radius 3 is 2.74 bits per heavy atom. The number of anilines is 1. The maximum atomic E-state index is 11.8. The average Bonchev–Trinajstić information content (AvgIpc) is 2.65. The Morgan fingerprint density at radius 2 is 2.05 bits per heavy atom. The van der Waals surface area contributed by atoms with Crippen LogP contribution >= 0.6 is 0 Å². The van der Waals surface area contributed by atoms with Gasteiger partial charge in [0.2, 0.25) is 5.91 Å². The van der Waals surface area contributed by atoms with Crippen molar-refractivity contribution in [3.63, 3.8) is 0 Å². The number of fused-ring (bicyclic) bond motifs is 1. The number of aromatic nitrogens is 2. The van der Waals surface area contributed by atoms with Gasteiger partial charge >= 0.3 is 0 Å². The predicted molar refractivity (Wildman–Crippen MR) is 71.1 cm³/mol. The summed E-state index contributed by atoms with van der Waals surface area (Å²) in [7, 11) is 1.82. The van der Waals surface area contributed by atoms with Crippen LogP contribution in [0.4, 0.5) is 5.82 Å². The molecule has 1 aliphatic rings. The van der Waals surface area contributed by atoms with Crippen LogP contribution in [0, 0.1) is 6.92 Å². The third kappa shape index (κ3) is 1.87.